The zero-order valence-corrected chi connectivity index (χ0v) is 12.6. The van der Waals surface area contributed by atoms with Gasteiger partial charge < -0.3 is 5.32 Å². The highest BCUT2D eigenvalue weighted by Crippen LogP contribution is 2.34. The van der Waals surface area contributed by atoms with E-state index in [0.717, 1.165) is 22.2 Å². The zero-order valence-electron chi connectivity index (χ0n) is 10.2. The third kappa shape index (κ3) is 3.43. The van der Waals surface area contributed by atoms with E-state index in [9.17, 15) is 13.2 Å². The summed E-state index contributed by atoms with van der Waals surface area (Å²) < 4.78 is 38.9. The van der Waals surface area contributed by atoms with Crippen LogP contribution in [-0.4, -0.2) is 4.98 Å². The summed E-state index contributed by atoms with van der Waals surface area (Å²) in [5.74, 6) is 0.0381. The third-order valence-corrected chi connectivity index (χ3v) is 3.82. The number of aromatic nitrogens is 1. The monoisotopic (exact) mass is 364 g/mol. The Morgan fingerprint density at radius 2 is 1.95 bits per heavy atom. The lowest BCUT2D eigenvalue weighted by Crippen LogP contribution is -2.07. The molecule has 0 spiro atoms. The van der Waals surface area contributed by atoms with Gasteiger partial charge in [0.1, 0.15) is 11.0 Å². The van der Waals surface area contributed by atoms with Crippen LogP contribution in [0.15, 0.2) is 34.8 Å². The summed E-state index contributed by atoms with van der Waals surface area (Å²) in [5.41, 5.74) is 0.727. The number of alkyl halides is 3. The van der Waals surface area contributed by atoms with Gasteiger partial charge in [0.05, 0.1) is 11.3 Å². The van der Waals surface area contributed by atoms with Crippen LogP contribution in [0, 0.1) is 6.92 Å². The summed E-state index contributed by atoms with van der Waals surface area (Å²) in [5, 5.41) is 2.61. The molecule has 0 saturated carbocycles. The Kier molecular flexibility index (Phi) is 4.25. The van der Waals surface area contributed by atoms with Gasteiger partial charge >= 0.3 is 6.18 Å². The Bertz CT molecular complexity index is 644. The van der Waals surface area contributed by atoms with Crippen molar-refractivity contribution in [2.24, 2.45) is 0 Å². The predicted octanol–water partition coefficient (Wildman–Crippen LogP) is 5.57. The van der Waals surface area contributed by atoms with Crippen LogP contribution in [0.2, 0.25) is 5.15 Å². The second-order valence-electron chi connectivity index (χ2n) is 4.12. The largest absolute Gasteiger partial charge is 0.416 e. The van der Waals surface area contributed by atoms with Gasteiger partial charge in [-0.3, -0.25) is 0 Å². The highest BCUT2D eigenvalue weighted by atomic mass is 79.9. The summed E-state index contributed by atoms with van der Waals surface area (Å²) >= 11 is 9.00. The van der Waals surface area contributed by atoms with Crippen molar-refractivity contribution >= 4 is 39.0 Å². The standard InChI is InChI=1S/C13H9BrClF3N2/c1-7-3-2-4-9(12(7)14)19-11-6-8(13(16,17)18)5-10(15)20-11/h2-6H,1H3,(H,19,20). The van der Waals surface area contributed by atoms with Crippen molar-refractivity contribution < 1.29 is 13.2 Å². The smallest absolute Gasteiger partial charge is 0.339 e. The fraction of sp³-hybridized carbons (Fsp3) is 0.154. The molecule has 0 aliphatic rings. The molecule has 1 aromatic carbocycles. The van der Waals surface area contributed by atoms with E-state index in [1.807, 2.05) is 13.0 Å². The number of hydrogen-bond acceptors (Lipinski definition) is 2. The third-order valence-electron chi connectivity index (χ3n) is 2.58. The van der Waals surface area contributed by atoms with Gasteiger partial charge in [-0.25, -0.2) is 4.98 Å². The molecular weight excluding hydrogens is 357 g/mol. The van der Waals surface area contributed by atoms with Gasteiger partial charge in [-0.05, 0) is 46.6 Å². The maximum absolute atomic E-state index is 12.7. The van der Waals surface area contributed by atoms with Crippen LogP contribution in [0.25, 0.3) is 0 Å². The zero-order chi connectivity index (χ0) is 14.9. The van der Waals surface area contributed by atoms with E-state index < -0.39 is 11.7 Å². The van der Waals surface area contributed by atoms with E-state index in [2.05, 4.69) is 26.2 Å². The molecular formula is C13H9BrClF3N2. The Labute approximate surface area is 127 Å². The summed E-state index contributed by atoms with van der Waals surface area (Å²) in [6.45, 7) is 1.88. The first-order valence-corrected chi connectivity index (χ1v) is 6.71. The molecule has 1 N–H and O–H groups in total. The maximum Gasteiger partial charge on any atom is 0.416 e. The molecule has 0 aliphatic heterocycles. The summed E-state index contributed by atoms with van der Waals surface area (Å²) in [6.07, 6.45) is -4.47. The molecule has 0 amide bonds. The van der Waals surface area contributed by atoms with E-state index in [0.29, 0.717) is 5.69 Å². The van der Waals surface area contributed by atoms with Crippen molar-refractivity contribution in [1.29, 1.82) is 0 Å². The van der Waals surface area contributed by atoms with Crippen molar-refractivity contribution in [1.82, 2.24) is 4.98 Å². The summed E-state index contributed by atoms with van der Waals surface area (Å²) in [7, 11) is 0. The fourth-order valence-electron chi connectivity index (χ4n) is 1.61. The molecule has 1 heterocycles. The number of hydrogen-bond donors (Lipinski definition) is 1. The molecule has 2 aromatic rings. The SMILES string of the molecule is Cc1cccc(Nc2cc(C(F)(F)F)cc(Cl)n2)c1Br. The summed E-state index contributed by atoms with van der Waals surface area (Å²) in [4.78, 5) is 3.85. The normalized spacial score (nSPS) is 11.5. The number of nitrogens with one attached hydrogen (secondary N) is 1. The summed E-state index contributed by atoms with van der Waals surface area (Å²) in [6, 6.07) is 7.10. The molecule has 0 atom stereocenters. The van der Waals surface area contributed by atoms with E-state index in [4.69, 9.17) is 11.6 Å². The molecule has 2 nitrogen and oxygen atoms in total. The molecule has 0 bridgehead atoms. The number of benzene rings is 1. The minimum Gasteiger partial charge on any atom is -0.339 e. The van der Waals surface area contributed by atoms with Crippen LogP contribution < -0.4 is 5.32 Å². The Balaban J connectivity index is 2.39. The highest BCUT2D eigenvalue weighted by Gasteiger charge is 2.31. The van der Waals surface area contributed by atoms with Crippen LogP contribution in [-0.2, 0) is 6.18 Å². The first kappa shape index (κ1) is 15.1. The van der Waals surface area contributed by atoms with Crippen LogP contribution in [0.3, 0.4) is 0 Å². The first-order valence-electron chi connectivity index (χ1n) is 5.54. The van der Waals surface area contributed by atoms with E-state index in [-0.39, 0.29) is 11.0 Å². The van der Waals surface area contributed by atoms with Crippen LogP contribution in [0.1, 0.15) is 11.1 Å². The van der Waals surface area contributed by atoms with Crippen LogP contribution in [0.4, 0.5) is 24.7 Å². The molecule has 0 fully saturated rings. The first-order chi connectivity index (χ1) is 9.27. The van der Waals surface area contributed by atoms with Crippen molar-refractivity contribution in [3.05, 3.63) is 51.1 Å². The minimum absolute atomic E-state index is 0.0381. The van der Waals surface area contributed by atoms with Crippen molar-refractivity contribution in [3.8, 4) is 0 Å². The number of rotatable bonds is 2. The predicted molar refractivity (Wildman–Crippen MR) is 76.4 cm³/mol. The van der Waals surface area contributed by atoms with Crippen LogP contribution in [0.5, 0.6) is 0 Å². The fourth-order valence-corrected chi connectivity index (χ4v) is 2.18. The average Bonchev–Trinajstić information content (AvgIpc) is 2.33. The molecule has 0 radical (unpaired) electrons. The second-order valence-corrected chi connectivity index (χ2v) is 5.30. The molecule has 106 valence electrons. The van der Waals surface area contributed by atoms with Gasteiger partial charge in [0.25, 0.3) is 0 Å². The maximum atomic E-state index is 12.7. The number of anilines is 2. The Morgan fingerprint density at radius 3 is 2.60 bits per heavy atom. The van der Waals surface area contributed by atoms with Gasteiger partial charge in [0, 0.05) is 4.47 Å². The molecule has 0 saturated heterocycles. The number of halogens is 5. The number of aryl methyl sites for hydroxylation is 1. The minimum atomic E-state index is -4.47. The van der Waals surface area contributed by atoms with E-state index >= 15 is 0 Å². The Hall–Kier alpha value is -1.27. The Morgan fingerprint density at radius 1 is 1.25 bits per heavy atom. The number of pyridine rings is 1. The van der Waals surface area contributed by atoms with Crippen molar-refractivity contribution in [3.63, 3.8) is 0 Å². The lowest BCUT2D eigenvalue weighted by atomic mass is 10.2. The van der Waals surface area contributed by atoms with Crippen LogP contribution >= 0.6 is 27.5 Å². The molecule has 0 aliphatic carbocycles. The van der Waals surface area contributed by atoms with Gasteiger partial charge in [-0.2, -0.15) is 13.2 Å². The van der Waals surface area contributed by atoms with Gasteiger partial charge in [0.2, 0.25) is 0 Å². The van der Waals surface area contributed by atoms with E-state index in [1.54, 1.807) is 12.1 Å². The van der Waals surface area contributed by atoms with Crippen molar-refractivity contribution in [2.45, 2.75) is 13.1 Å². The molecule has 1 aromatic heterocycles. The topological polar surface area (TPSA) is 24.9 Å². The second kappa shape index (κ2) is 5.61. The highest BCUT2D eigenvalue weighted by molar-refractivity contribution is 9.10. The molecule has 20 heavy (non-hydrogen) atoms. The lowest BCUT2D eigenvalue weighted by molar-refractivity contribution is -0.137. The molecule has 0 unspecified atom stereocenters. The van der Waals surface area contributed by atoms with Gasteiger partial charge in [0.15, 0.2) is 0 Å². The average molecular weight is 366 g/mol. The van der Waals surface area contributed by atoms with Gasteiger partial charge in [-0.1, -0.05) is 23.7 Å². The van der Waals surface area contributed by atoms with E-state index in [1.165, 1.54) is 0 Å². The molecule has 7 heteroatoms. The quantitative estimate of drug-likeness (QED) is 0.704. The van der Waals surface area contributed by atoms with Crippen molar-refractivity contribution in [2.75, 3.05) is 5.32 Å². The molecule has 2 rings (SSSR count). The van der Waals surface area contributed by atoms with Gasteiger partial charge in [-0.15, -0.1) is 0 Å². The number of nitrogens with zero attached hydrogens (tertiary/aromatic N) is 1. The lowest BCUT2D eigenvalue weighted by Gasteiger charge is -2.12.